The highest BCUT2D eigenvalue weighted by Crippen LogP contribution is 2.36. The molecule has 0 bridgehead atoms. The van der Waals surface area contributed by atoms with E-state index in [1.807, 2.05) is 11.3 Å². The molecule has 2 aromatic rings. The maximum absolute atomic E-state index is 12.8. The van der Waals surface area contributed by atoms with E-state index in [2.05, 4.69) is 41.5 Å². The van der Waals surface area contributed by atoms with Crippen molar-refractivity contribution in [2.75, 3.05) is 7.05 Å². The summed E-state index contributed by atoms with van der Waals surface area (Å²) in [6, 6.07) is 8.96. The van der Waals surface area contributed by atoms with E-state index < -0.39 is 0 Å². The van der Waals surface area contributed by atoms with Crippen LogP contribution in [0.25, 0.3) is 10.1 Å². The average molecular weight is 365 g/mol. The molecule has 1 aromatic heterocycles. The summed E-state index contributed by atoms with van der Waals surface area (Å²) in [4.78, 5) is 16.4. The molecule has 1 aromatic carbocycles. The fraction of sp³-hybridized carbons (Fsp3) is 0.526. The summed E-state index contributed by atoms with van der Waals surface area (Å²) in [7, 11) is 2.08. The average Bonchev–Trinajstić information content (AvgIpc) is 2.92. The molecule has 1 saturated carbocycles. The number of benzene rings is 1. The zero-order valence-electron chi connectivity index (χ0n) is 14.1. The summed E-state index contributed by atoms with van der Waals surface area (Å²) in [5, 5.41) is 4.66. The maximum Gasteiger partial charge on any atom is 0.237 e. The van der Waals surface area contributed by atoms with Crippen LogP contribution in [0.5, 0.6) is 0 Å². The summed E-state index contributed by atoms with van der Waals surface area (Å²) >= 11 is 1.88. The van der Waals surface area contributed by atoms with Crippen molar-refractivity contribution < 1.29 is 4.79 Å². The molecule has 1 atom stereocenters. The van der Waals surface area contributed by atoms with Crippen LogP contribution in [0.3, 0.4) is 0 Å². The van der Waals surface area contributed by atoms with Gasteiger partial charge in [-0.1, -0.05) is 37.5 Å². The van der Waals surface area contributed by atoms with Gasteiger partial charge in [-0.25, -0.2) is 0 Å². The van der Waals surface area contributed by atoms with Gasteiger partial charge in [0.05, 0.1) is 6.04 Å². The highest BCUT2D eigenvalue weighted by atomic mass is 35.5. The third-order valence-corrected chi connectivity index (χ3v) is 6.56. The minimum absolute atomic E-state index is 0. The van der Waals surface area contributed by atoms with Gasteiger partial charge in [0.15, 0.2) is 0 Å². The lowest BCUT2D eigenvalue weighted by Gasteiger charge is -2.33. The molecule has 2 aliphatic rings. The Kier molecular flexibility index (Phi) is 5.48. The molecule has 2 heterocycles. The fourth-order valence-corrected chi connectivity index (χ4v) is 5.32. The number of amides is 1. The predicted molar refractivity (Wildman–Crippen MR) is 103 cm³/mol. The zero-order valence-corrected chi connectivity index (χ0v) is 15.7. The van der Waals surface area contributed by atoms with Crippen LogP contribution in [-0.2, 0) is 17.8 Å². The van der Waals surface area contributed by atoms with Crippen molar-refractivity contribution >= 4 is 39.7 Å². The molecule has 1 N–H and O–H groups in total. The van der Waals surface area contributed by atoms with Crippen molar-refractivity contribution in [2.45, 2.75) is 57.2 Å². The van der Waals surface area contributed by atoms with Crippen LogP contribution in [0.1, 0.15) is 42.5 Å². The van der Waals surface area contributed by atoms with Gasteiger partial charge in [0.2, 0.25) is 5.91 Å². The third kappa shape index (κ3) is 3.32. The third-order valence-electron chi connectivity index (χ3n) is 5.36. The molecule has 0 radical (unpaired) electrons. The van der Waals surface area contributed by atoms with E-state index in [1.165, 1.54) is 39.8 Å². The largest absolute Gasteiger partial charge is 0.352 e. The fourth-order valence-electron chi connectivity index (χ4n) is 4.02. The molecule has 0 spiro atoms. The van der Waals surface area contributed by atoms with Crippen molar-refractivity contribution in [3.63, 3.8) is 0 Å². The van der Waals surface area contributed by atoms with Crippen LogP contribution in [-0.4, -0.2) is 29.9 Å². The predicted octanol–water partition coefficient (Wildman–Crippen LogP) is 4.13. The zero-order chi connectivity index (χ0) is 15.8. The molecule has 130 valence electrons. The first-order valence-electron chi connectivity index (χ1n) is 8.72. The highest BCUT2D eigenvalue weighted by Gasteiger charge is 2.32. The van der Waals surface area contributed by atoms with Crippen LogP contribution >= 0.6 is 23.7 Å². The van der Waals surface area contributed by atoms with Crippen molar-refractivity contribution in [1.82, 2.24) is 10.2 Å². The molecule has 0 saturated heterocycles. The Morgan fingerprint density at radius 3 is 2.75 bits per heavy atom. The summed E-state index contributed by atoms with van der Waals surface area (Å²) < 4.78 is 1.35. The van der Waals surface area contributed by atoms with Gasteiger partial charge < -0.3 is 5.32 Å². The Morgan fingerprint density at radius 2 is 1.96 bits per heavy atom. The van der Waals surface area contributed by atoms with Gasteiger partial charge in [-0.2, -0.15) is 0 Å². The number of likely N-dealkylation sites (N-methyl/N-ethyl adjacent to an activating group) is 1. The molecule has 5 heteroatoms. The van der Waals surface area contributed by atoms with E-state index in [4.69, 9.17) is 0 Å². The monoisotopic (exact) mass is 364 g/mol. The minimum Gasteiger partial charge on any atom is -0.352 e. The number of nitrogens with zero attached hydrogens (tertiary/aromatic N) is 1. The minimum atomic E-state index is -0.0255. The molecule has 1 fully saturated rings. The molecule has 1 amide bonds. The number of carbonyl (C=O) groups excluding carboxylic acids is 1. The second-order valence-corrected chi connectivity index (χ2v) is 8.12. The number of thiophene rings is 1. The molecule has 1 aliphatic carbocycles. The normalized spacial score (nSPS) is 22.0. The van der Waals surface area contributed by atoms with Gasteiger partial charge in [-0.05, 0) is 43.3 Å². The second kappa shape index (κ2) is 7.42. The Bertz CT molecular complexity index is 723. The number of nitrogens with one attached hydrogen (secondary N) is 1. The standard InChI is InChI=1S/C19H24N2OS.ClH/c1-21-12-18-15(14-9-5-6-10-17(14)23-18)11-16(21)19(22)20-13-7-3-2-4-8-13;/h5-6,9-10,13,16H,2-4,7-8,11-12H2,1H3,(H,20,22);1H/t16-;/m1./s1. The first kappa shape index (κ1) is 17.7. The lowest BCUT2D eigenvalue weighted by molar-refractivity contribution is -0.127. The smallest absolute Gasteiger partial charge is 0.237 e. The molecule has 0 unspecified atom stereocenters. The van der Waals surface area contributed by atoms with E-state index >= 15 is 0 Å². The number of hydrogen-bond acceptors (Lipinski definition) is 3. The van der Waals surface area contributed by atoms with E-state index in [1.54, 1.807) is 0 Å². The summed E-state index contributed by atoms with van der Waals surface area (Å²) in [5.74, 6) is 0.223. The molecular weight excluding hydrogens is 340 g/mol. The SMILES string of the molecule is CN1Cc2sc3ccccc3c2C[C@@H]1C(=O)NC1CCCCC1.Cl. The number of hydrogen-bond donors (Lipinski definition) is 1. The van der Waals surface area contributed by atoms with Gasteiger partial charge in [0, 0.05) is 22.2 Å². The Morgan fingerprint density at radius 1 is 1.21 bits per heavy atom. The van der Waals surface area contributed by atoms with Gasteiger partial charge in [0.1, 0.15) is 0 Å². The highest BCUT2D eigenvalue weighted by molar-refractivity contribution is 7.19. The first-order valence-corrected chi connectivity index (χ1v) is 9.54. The number of fused-ring (bicyclic) bond motifs is 3. The van der Waals surface area contributed by atoms with Gasteiger partial charge in [-0.3, -0.25) is 9.69 Å². The quantitative estimate of drug-likeness (QED) is 0.869. The van der Waals surface area contributed by atoms with Crippen LogP contribution in [0, 0.1) is 0 Å². The molecular formula is C19H25ClN2OS. The lowest BCUT2D eigenvalue weighted by Crippen LogP contribution is -2.51. The first-order chi connectivity index (χ1) is 11.2. The Balaban J connectivity index is 0.00000169. The Labute approximate surface area is 153 Å². The van der Waals surface area contributed by atoms with Crippen LogP contribution < -0.4 is 5.32 Å². The molecule has 24 heavy (non-hydrogen) atoms. The Hall–Kier alpha value is -1.10. The topological polar surface area (TPSA) is 32.3 Å². The summed E-state index contributed by atoms with van der Waals surface area (Å²) in [6.45, 7) is 0.886. The number of halogens is 1. The van der Waals surface area contributed by atoms with E-state index in [9.17, 15) is 4.79 Å². The number of rotatable bonds is 2. The van der Waals surface area contributed by atoms with Crippen LogP contribution in [0.15, 0.2) is 24.3 Å². The molecule has 4 rings (SSSR count). The summed E-state index contributed by atoms with van der Waals surface area (Å²) in [6.07, 6.45) is 6.97. The van der Waals surface area contributed by atoms with Crippen molar-refractivity contribution in [3.05, 3.63) is 34.7 Å². The van der Waals surface area contributed by atoms with Gasteiger partial charge >= 0.3 is 0 Å². The van der Waals surface area contributed by atoms with Gasteiger partial charge in [0.25, 0.3) is 0 Å². The van der Waals surface area contributed by atoms with Crippen LogP contribution in [0.2, 0.25) is 0 Å². The second-order valence-electron chi connectivity index (χ2n) is 6.98. The maximum atomic E-state index is 12.8. The van der Waals surface area contributed by atoms with E-state index in [0.29, 0.717) is 6.04 Å². The van der Waals surface area contributed by atoms with Crippen molar-refractivity contribution in [1.29, 1.82) is 0 Å². The summed E-state index contributed by atoms with van der Waals surface area (Å²) in [5.41, 5.74) is 1.40. The van der Waals surface area contributed by atoms with E-state index in [-0.39, 0.29) is 24.4 Å². The number of carbonyl (C=O) groups is 1. The lowest BCUT2D eigenvalue weighted by atomic mass is 9.93. The van der Waals surface area contributed by atoms with Gasteiger partial charge in [-0.15, -0.1) is 23.7 Å². The van der Waals surface area contributed by atoms with Crippen molar-refractivity contribution in [2.24, 2.45) is 0 Å². The van der Waals surface area contributed by atoms with Crippen LogP contribution in [0.4, 0.5) is 0 Å². The van der Waals surface area contributed by atoms with Crippen molar-refractivity contribution in [3.8, 4) is 0 Å². The van der Waals surface area contributed by atoms with E-state index in [0.717, 1.165) is 25.8 Å². The molecule has 1 aliphatic heterocycles. The molecule has 3 nitrogen and oxygen atoms in total.